The van der Waals surface area contributed by atoms with Crippen molar-refractivity contribution in [1.82, 2.24) is 14.4 Å². The molecule has 2 fully saturated rings. The minimum atomic E-state index is 0.223. The van der Waals surface area contributed by atoms with E-state index in [4.69, 9.17) is 14.2 Å². The molecule has 0 bridgehead atoms. The summed E-state index contributed by atoms with van der Waals surface area (Å²) in [5.74, 6) is 1.89. The first-order chi connectivity index (χ1) is 15.6. The maximum absolute atomic E-state index is 13.1. The lowest BCUT2D eigenvalue weighted by molar-refractivity contribution is 0.0840. The number of ketones is 1. The Morgan fingerprint density at radius 3 is 2.59 bits per heavy atom. The molecule has 0 aliphatic carbocycles. The van der Waals surface area contributed by atoms with Gasteiger partial charge >= 0.3 is 0 Å². The molecule has 32 heavy (non-hydrogen) atoms. The Hall–Kier alpha value is -2.35. The van der Waals surface area contributed by atoms with Crippen LogP contribution < -0.4 is 9.47 Å². The van der Waals surface area contributed by atoms with Gasteiger partial charge in [-0.2, -0.15) is 0 Å². The van der Waals surface area contributed by atoms with E-state index in [2.05, 4.69) is 46.4 Å². The molecule has 3 aliphatic heterocycles. The van der Waals surface area contributed by atoms with Crippen LogP contribution in [0.4, 0.5) is 0 Å². The zero-order valence-electron chi connectivity index (χ0n) is 19.1. The Kier molecular flexibility index (Phi) is 6.22. The number of piperazine rings is 1. The quantitative estimate of drug-likeness (QED) is 0.619. The van der Waals surface area contributed by atoms with Crippen molar-refractivity contribution >= 4 is 5.78 Å². The van der Waals surface area contributed by atoms with Crippen LogP contribution in [0.1, 0.15) is 40.2 Å². The van der Waals surface area contributed by atoms with E-state index in [-0.39, 0.29) is 11.9 Å². The molecule has 0 radical (unpaired) electrons. The number of rotatable bonds is 7. The third-order valence-electron chi connectivity index (χ3n) is 6.96. The standard InChI is InChI=1S/C25H33N3O4/c1-18-12-22(19(2)28(18)15-21-4-3-11-30-21)23(29)16-27-9-7-26(8-10-27)14-20-5-6-24-25(13-20)32-17-31-24/h5-6,12-13,21H,3-4,7-11,14-17H2,1-2H3/t21-/m1/s1. The van der Waals surface area contributed by atoms with Crippen LogP contribution in [-0.4, -0.2) is 72.4 Å². The van der Waals surface area contributed by atoms with Crippen molar-refractivity contribution in [1.29, 1.82) is 0 Å². The summed E-state index contributed by atoms with van der Waals surface area (Å²) in [6, 6.07) is 8.23. The van der Waals surface area contributed by atoms with Gasteiger partial charge < -0.3 is 18.8 Å². The van der Waals surface area contributed by atoms with Gasteiger partial charge in [0.2, 0.25) is 6.79 Å². The first kappa shape index (κ1) is 21.5. The van der Waals surface area contributed by atoms with Gasteiger partial charge in [0.1, 0.15) is 0 Å². The zero-order chi connectivity index (χ0) is 22.1. The Morgan fingerprint density at radius 2 is 1.81 bits per heavy atom. The molecular formula is C25H33N3O4. The monoisotopic (exact) mass is 439 g/mol. The van der Waals surface area contributed by atoms with E-state index in [1.807, 2.05) is 6.07 Å². The molecule has 2 saturated heterocycles. The van der Waals surface area contributed by atoms with Crippen molar-refractivity contribution < 1.29 is 19.0 Å². The lowest BCUT2D eigenvalue weighted by atomic mass is 10.1. The van der Waals surface area contributed by atoms with Gasteiger partial charge in [-0.15, -0.1) is 0 Å². The fourth-order valence-corrected chi connectivity index (χ4v) is 5.05. The highest BCUT2D eigenvalue weighted by atomic mass is 16.7. The number of fused-ring (bicyclic) bond motifs is 1. The Balaban J connectivity index is 1.14. The molecule has 3 aliphatic rings. The Bertz CT molecular complexity index is 972. The topological polar surface area (TPSA) is 56.2 Å². The summed E-state index contributed by atoms with van der Waals surface area (Å²) in [6.07, 6.45) is 2.52. The van der Waals surface area contributed by atoms with E-state index in [9.17, 15) is 4.79 Å². The average Bonchev–Trinajstić information content (AvgIpc) is 3.53. The molecule has 5 rings (SSSR count). The van der Waals surface area contributed by atoms with E-state index < -0.39 is 0 Å². The van der Waals surface area contributed by atoms with Gasteiger partial charge in [-0.05, 0) is 50.5 Å². The predicted octanol–water partition coefficient (Wildman–Crippen LogP) is 3.01. The van der Waals surface area contributed by atoms with Gasteiger partial charge in [-0.1, -0.05) is 6.07 Å². The summed E-state index contributed by atoms with van der Waals surface area (Å²) >= 11 is 0. The van der Waals surface area contributed by atoms with Gasteiger partial charge in [-0.3, -0.25) is 14.6 Å². The SMILES string of the molecule is Cc1cc(C(=O)CN2CCN(Cc3ccc4c(c3)OCO4)CC2)c(C)n1C[C@H]1CCCO1. The van der Waals surface area contributed by atoms with Crippen molar-refractivity contribution in [2.24, 2.45) is 0 Å². The van der Waals surface area contributed by atoms with Crippen molar-refractivity contribution in [3.63, 3.8) is 0 Å². The van der Waals surface area contributed by atoms with Crippen molar-refractivity contribution in [2.75, 3.05) is 46.1 Å². The molecule has 0 spiro atoms. The molecule has 1 atom stereocenters. The van der Waals surface area contributed by atoms with Crippen molar-refractivity contribution in [3.05, 3.63) is 46.8 Å². The number of aryl methyl sites for hydroxylation is 1. The number of Topliss-reactive ketones (excluding diaryl/α,β-unsaturated/α-hetero) is 1. The maximum Gasteiger partial charge on any atom is 0.231 e. The fourth-order valence-electron chi connectivity index (χ4n) is 5.05. The summed E-state index contributed by atoms with van der Waals surface area (Å²) < 4.78 is 18.9. The second-order valence-corrected chi connectivity index (χ2v) is 9.19. The lowest BCUT2D eigenvalue weighted by Gasteiger charge is -2.34. The van der Waals surface area contributed by atoms with Gasteiger partial charge in [0.15, 0.2) is 17.3 Å². The van der Waals surface area contributed by atoms with E-state index in [1.54, 1.807) is 0 Å². The molecular weight excluding hydrogens is 406 g/mol. The number of carbonyl (C=O) groups excluding carboxylic acids is 1. The third-order valence-corrected chi connectivity index (χ3v) is 6.96. The molecule has 4 heterocycles. The lowest BCUT2D eigenvalue weighted by Crippen LogP contribution is -2.47. The van der Waals surface area contributed by atoms with Crippen molar-refractivity contribution in [2.45, 2.75) is 45.9 Å². The molecule has 7 nitrogen and oxygen atoms in total. The van der Waals surface area contributed by atoms with Crippen molar-refractivity contribution in [3.8, 4) is 11.5 Å². The number of carbonyl (C=O) groups is 1. The second kappa shape index (κ2) is 9.25. The molecule has 0 unspecified atom stereocenters. The van der Waals surface area contributed by atoms with E-state index in [0.717, 1.165) is 87.2 Å². The molecule has 0 amide bonds. The largest absolute Gasteiger partial charge is 0.454 e. The first-order valence-electron chi connectivity index (χ1n) is 11.7. The highest BCUT2D eigenvalue weighted by molar-refractivity contribution is 5.99. The molecule has 0 saturated carbocycles. The predicted molar refractivity (Wildman–Crippen MR) is 121 cm³/mol. The second-order valence-electron chi connectivity index (χ2n) is 9.19. The van der Waals surface area contributed by atoms with Gasteiger partial charge in [0.05, 0.1) is 12.6 Å². The minimum absolute atomic E-state index is 0.223. The highest BCUT2D eigenvalue weighted by Gasteiger charge is 2.24. The summed E-state index contributed by atoms with van der Waals surface area (Å²) in [5.41, 5.74) is 4.32. The molecule has 1 aromatic heterocycles. The Labute approximate surface area is 189 Å². The minimum Gasteiger partial charge on any atom is -0.454 e. The molecule has 0 N–H and O–H groups in total. The number of benzene rings is 1. The van der Waals surface area contributed by atoms with Crippen LogP contribution in [-0.2, 0) is 17.8 Å². The van der Waals surface area contributed by atoms with E-state index in [0.29, 0.717) is 13.3 Å². The number of ether oxygens (including phenoxy) is 3. The van der Waals surface area contributed by atoms with Crippen LogP contribution >= 0.6 is 0 Å². The van der Waals surface area contributed by atoms with Crippen LogP contribution in [0.2, 0.25) is 0 Å². The van der Waals surface area contributed by atoms with Crippen LogP contribution in [0.3, 0.4) is 0 Å². The van der Waals surface area contributed by atoms with Gasteiger partial charge in [-0.25, -0.2) is 0 Å². The van der Waals surface area contributed by atoms with E-state index in [1.165, 1.54) is 5.56 Å². The third kappa shape index (κ3) is 4.56. The number of hydrogen-bond acceptors (Lipinski definition) is 6. The number of aromatic nitrogens is 1. The number of nitrogens with zero attached hydrogens (tertiary/aromatic N) is 3. The molecule has 1 aromatic carbocycles. The van der Waals surface area contributed by atoms with Crippen LogP contribution in [0, 0.1) is 13.8 Å². The average molecular weight is 440 g/mol. The zero-order valence-corrected chi connectivity index (χ0v) is 19.1. The van der Waals surface area contributed by atoms with Crippen LogP contribution in [0.5, 0.6) is 11.5 Å². The summed E-state index contributed by atoms with van der Waals surface area (Å²) in [7, 11) is 0. The van der Waals surface area contributed by atoms with Gasteiger partial charge in [0, 0.05) is 62.8 Å². The summed E-state index contributed by atoms with van der Waals surface area (Å²) in [4.78, 5) is 17.8. The van der Waals surface area contributed by atoms with Gasteiger partial charge in [0.25, 0.3) is 0 Å². The molecule has 2 aromatic rings. The molecule has 7 heteroatoms. The normalized spacial score (nSPS) is 21.4. The summed E-state index contributed by atoms with van der Waals surface area (Å²) in [6.45, 7) is 11.3. The molecule has 172 valence electrons. The van der Waals surface area contributed by atoms with Crippen LogP contribution in [0.25, 0.3) is 0 Å². The van der Waals surface area contributed by atoms with E-state index >= 15 is 0 Å². The number of hydrogen-bond donors (Lipinski definition) is 0. The smallest absolute Gasteiger partial charge is 0.231 e. The summed E-state index contributed by atoms with van der Waals surface area (Å²) in [5, 5.41) is 0. The Morgan fingerprint density at radius 1 is 1.03 bits per heavy atom. The highest BCUT2D eigenvalue weighted by Crippen LogP contribution is 2.33. The van der Waals surface area contributed by atoms with Crippen LogP contribution in [0.15, 0.2) is 24.3 Å². The maximum atomic E-state index is 13.1. The fraction of sp³-hybridized carbons (Fsp3) is 0.560. The first-order valence-corrected chi connectivity index (χ1v) is 11.7.